The molecule has 0 amide bonds. The summed E-state index contributed by atoms with van der Waals surface area (Å²) in [7, 11) is -4.05. The van der Waals surface area contributed by atoms with Crippen molar-refractivity contribution in [1.29, 1.82) is 5.26 Å². The van der Waals surface area contributed by atoms with Crippen molar-refractivity contribution in [3.05, 3.63) is 29.3 Å². The molecule has 0 saturated carbocycles. The first-order valence-corrected chi connectivity index (χ1v) is 6.72. The van der Waals surface area contributed by atoms with Gasteiger partial charge in [-0.3, -0.25) is 0 Å². The van der Waals surface area contributed by atoms with Crippen LogP contribution in [0.5, 0.6) is 0 Å². The highest BCUT2D eigenvalue weighted by molar-refractivity contribution is 7.89. The van der Waals surface area contributed by atoms with Gasteiger partial charge in [0.15, 0.2) is 0 Å². The first-order chi connectivity index (χ1) is 8.70. The summed E-state index contributed by atoms with van der Waals surface area (Å²) in [5.74, 6) is 0. The Hall–Kier alpha value is -1.59. The van der Waals surface area contributed by atoms with Crippen molar-refractivity contribution in [2.75, 3.05) is 6.54 Å². The van der Waals surface area contributed by atoms with E-state index in [1.165, 1.54) is 0 Å². The SMILES string of the molecule is Cc1c(C(F)(F)F)cccc1S(=O)(=O)NCCC#N. The van der Waals surface area contributed by atoms with Crippen LogP contribution in [0.25, 0.3) is 0 Å². The summed E-state index contributed by atoms with van der Waals surface area (Å²) < 4.78 is 63.7. The highest BCUT2D eigenvalue weighted by Crippen LogP contribution is 2.33. The predicted molar refractivity (Wildman–Crippen MR) is 61.6 cm³/mol. The topological polar surface area (TPSA) is 70.0 Å². The first-order valence-electron chi connectivity index (χ1n) is 5.23. The number of benzene rings is 1. The number of nitriles is 1. The zero-order valence-electron chi connectivity index (χ0n) is 9.95. The average Bonchev–Trinajstić information content (AvgIpc) is 2.27. The van der Waals surface area contributed by atoms with Gasteiger partial charge in [0.2, 0.25) is 10.0 Å². The second-order valence-corrected chi connectivity index (χ2v) is 5.47. The molecule has 1 N–H and O–H groups in total. The first kappa shape index (κ1) is 15.5. The van der Waals surface area contributed by atoms with Crippen molar-refractivity contribution < 1.29 is 21.6 Å². The van der Waals surface area contributed by atoms with Gasteiger partial charge in [0.25, 0.3) is 0 Å². The van der Waals surface area contributed by atoms with Gasteiger partial charge in [-0.2, -0.15) is 18.4 Å². The molecular formula is C11H11F3N2O2S. The van der Waals surface area contributed by atoms with Crippen molar-refractivity contribution in [1.82, 2.24) is 4.72 Å². The predicted octanol–water partition coefficient (Wildman–Crippen LogP) is 2.21. The van der Waals surface area contributed by atoms with Gasteiger partial charge < -0.3 is 0 Å². The maximum absolute atomic E-state index is 12.7. The van der Waals surface area contributed by atoms with E-state index in [1.807, 2.05) is 0 Å². The molecule has 0 atom stereocenters. The monoisotopic (exact) mass is 292 g/mol. The van der Waals surface area contributed by atoms with Gasteiger partial charge in [-0.25, -0.2) is 13.1 Å². The van der Waals surface area contributed by atoms with Crippen LogP contribution in [0.3, 0.4) is 0 Å². The fourth-order valence-corrected chi connectivity index (χ4v) is 2.83. The van der Waals surface area contributed by atoms with E-state index in [-0.39, 0.29) is 18.5 Å². The van der Waals surface area contributed by atoms with E-state index in [1.54, 1.807) is 6.07 Å². The maximum atomic E-state index is 12.7. The third-order valence-corrected chi connectivity index (χ3v) is 4.01. The van der Waals surface area contributed by atoms with Crippen molar-refractivity contribution in [2.45, 2.75) is 24.4 Å². The van der Waals surface area contributed by atoms with Crippen LogP contribution in [0.2, 0.25) is 0 Å². The Morgan fingerprint density at radius 3 is 2.53 bits per heavy atom. The van der Waals surface area contributed by atoms with Crippen molar-refractivity contribution >= 4 is 10.0 Å². The second kappa shape index (κ2) is 5.59. The Labute approximate surface area is 108 Å². The van der Waals surface area contributed by atoms with E-state index < -0.39 is 26.7 Å². The number of halogens is 3. The molecule has 0 bridgehead atoms. The fraction of sp³-hybridized carbons (Fsp3) is 0.364. The van der Waals surface area contributed by atoms with Gasteiger partial charge >= 0.3 is 6.18 Å². The molecule has 0 spiro atoms. The van der Waals surface area contributed by atoms with Crippen LogP contribution in [-0.2, 0) is 16.2 Å². The second-order valence-electron chi connectivity index (χ2n) is 3.73. The Balaban J connectivity index is 3.19. The lowest BCUT2D eigenvalue weighted by Gasteiger charge is -2.14. The van der Waals surface area contributed by atoms with Crippen LogP contribution >= 0.6 is 0 Å². The number of hydrogen-bond acceptors (Lipinski definition) is 3. The normalized spacial score (nSPS) is 12.2. The van der Waals surface area contributed by atoms with Crippen molar-refractivity contribution in [3.8, 4) is 6.07 Å². The number of sulfonamides is 1. The molecule has 0 aliphatic heterocycles. The Bertz CT molecular complexity index is 603. The lowest BCUT2D eigenvalue weighted by atomic mass is 10.1. The standard InChI is InChI=1S/C11H11F3N2O2S/c1-8-9(11(12,13)14)4-2-5-10(8)19(17,18)16-7-3-6-15/h2,4-5,16H,3,7H2,1H3. The summed E-state index contributed by atoms with van der Waals surface area (Å²) in [5, 5.41) is 8.31. The summed E-state index contributed by atoms with van der Waals surface area (Å²) in [6, 6.07) is 4.69. The molecule has 4 nitrogen and oxygen atoms in total. The molecule has 19 heavy (non-hydrogen) atoms. The smallest absolute Gasteiger partial charge is 0.210 e. The molecule has 1 aromatic carbocycles. The van der Waals surface area contributed by atoms with Crippen LogP contribution in [-0.4, -0.2) is 15.0 Å². The van der Waals surface area contributed by atoms with Crippen molar-refractivity contribution in [2.24, 2.45) is 0 Å². The Morgan fingerprint density at radius 1 is 1.37 bits per heavy atom. The van der Waals surface area contributed by atoms with Gasteiger partial charge in [0, 0.05) is 13.0 Å². The molecule has 1 aromatic rings. The summed E-state index contributed by atoms with van der Waals surface area (Å²) in [6.07, 6.45) is -4.67. The van der Waals surface area contributed by atoms with Gasteiger partial charge in [0.05, 0.1) is 16.5 Å². The molecule has 0 radical (unpaired) electrons. The molecule has 104 valence electrons. The van der Waals surface area contributed by atoms with E-state index >= 15 is 0 Å². The Morgan fingerprint density at radius 2 is 2.00 bits per heavy atom. The molecule has 0 unspecified atom stereocenters. The van der Waals surface area contributed by atoms with Crippen molar-refractivity contribution in [3.63, 3.8) is 0 Å². The van der Waals surface area contributed by atoms with Gasteiger partial charge in [-0.05, 0) is 24.6 Å². The Kier molecular flexibility index (Phi) is 4.55. The molecule has 8 heteroatoms. The van der Waals surface area contributed by atoms with Crippen LogP contribution in [0, 0.1) is 18.3 Å². The van der Waals surface area contributed by atoms with Gasteiger partial charge in [-0.1, -0.05) is 6.07 Å². The number of nitrogens with one attached hydrogen (secondary N) is 1. The molecule has 0 heterocycles. The minimum Gasteiger partial charge on any atom is -0.210 e. The molecule has 0 fully saturated rings. The maximum Gasteiger partial charge on any atom is 0.416 e. The zero-order chi connectivity index (χ0) is 14.7. The van der Waals surface area contributed by atoms with E-state index in [9.17, 15) is 21.6 Å². The van der Waals surface area contributed by atoms with Crippen LogP contribution < -0.4 is 4.72 Å². The quantitative estimate of drug-likeness (QED) is 0.865. The third-order valence-electron chi connectivity index (χ3n) is 2.41. The molecular weight excluding hydrogens is 281 g/mol. The number of alkyl halides is 3. The molecule has 0 saturated heterocycles. The largest absolute Gasteiger partial charge is 0.416 e. The number of hydrogen-bond donors (Lipinski definition) is 1. The summed E-state index contributed by atoms with van der Waals surface area (Å²) in [5.41, 5.74) is -1.35. The summed E-state index contributed by atoms with van der Waals surface area (Å²) in [4.78, 5) is -0.430. The van der Waals surface area contributed by atoms with Gasteiger partial charge in [0.1, 0.15) is 0 Å². The zero-order valence-corrected chi connectivity index (χ0v) is 10.8. The lowest BCUT2D eigenvalue weighted by molar-refractivity contribution is -0.138. The van der Waals surface area contributed by atoms with E-state index in [0.29, 0.717) is 0 Å². The highest BCUT2D eigenvalue weighted by Gasteiger charge is 2.34. The van der Waals surface area contributed by atoms with Crippen LogP contribution in [0.15, 0.2) is 23.1 Å². The van der Waals surface area contributed by atoms with E-state index in [4.69, 9.17) is 5.26 Å². The molecule has 0 aliphatic carbocycles. The summed E-state index contributed by atoms with van der Waals surface area (Å²) in [6.45, 7) is 0.955. The number of rotatable bonds is 4. The molecule has 0 aromatic heterocycles. The number of nitrogens with zero attached hydrogens (tertiary/aromatic N) is 1. The minimum absolute atomic E-state index is 0.0583. The molecule has 1 rings (SSSR count). The fourth-order valence-electron chi connectivity index (χ4n) is 1.53. The average molecular weight is 292 g/mol. The van der Waals surface area contributed by atoms with Crippen LogP contribution in [0.1, 0.15) is 17.5 Å². The van der Waals surface area contributed by atoms with E-state index in [2.05, 4.69) is 4.72 Å². The third kappa shape index (κ3) is 3.68. The van der Waals surface area contributed by atoms with E-state index in [0.717, 1.165) is 25.1 Å². The lowest BCUT2D eigenvalue weighted by Crippen LogP contribution is -2.26. The summed E-state index contributed by atoms with van der Waals surface area (Å²) >= 11 is 0. The van der Waals surface area contributed by atoms with Crippen LogP contribution in [0.4, 0.5) is 13.2 Å². The molecule has 0 aliphatic rings. The minimum atomic E-state index is -4.61. The van der Waals surface area contributed by atoms with Gasteiger partial charge in [-0.15, -0.1) is 0 Å². The highest BCUT2D eigenvalue weighted by atomic mass is 32.2.